The van der Waals surface area contributed by atoms with Gasteiger partial charge in [0.05, 0.1) is 0 Å². The van der Waals surface area contributed by atoms with Crippen LogP contribution in [0.25, 0.3) is 0 Å². The Hall–Kier alpha value is -1.42. The summed E-state index contributed by atoms with van der Waals surface area (Å²) in [5.41, 5.74) is 0.827. The summed E-state index contributed by atoms with van der Waals surface area (Å²) in [4.78, 5) is 12.7. The van der Waals surface area contributed by atoms with Crippen molar-refractivity contribution >= 4 is 5.91 Å². The molecule has 0 radical (unpaired) electrons. The van der Waals surface area contributed by atoms with Crippen LogP contribution in [0.15, 0.2) is 24.3 Å². The van der Waals surface area contributed by atoms with Crippen LogP contribution in [0, 0.1) is 5.82 Å². The van der Waals surface area contributed by atoms with Crippen LogP contribution in [0.5, 0.6) is 0 Å². The highest BCUT2D eigenvalue weighted by molar-refractivity contribution is 5.79. The molecule has 3 nitrogen and oxygen atoms in total. The Morgan fingerprint density at radius 3 is 2.47 bits per heavy atom. The molecule has 0 aliphatic heterocycles. The lowest BCUT2D eigenvalue weighted by Crippen LogP contribution is -2.34. The largest absolute Gasteiger partial charge is 0.384 e. The maximum absolute atomic E-state index is 12.6. The Morgan fingerprint density at radius 2 is 2.00 bits per heavy atom. The number of likely N-dealkylation sites (N-methyl/N-ethyl adjacent to an activating group) is 1. The van der Waals surface area contributed by atoms with Crippen molar-refractivity contribution in [2.24, 2.45) is 0 Å². The van der Waals surface area contributed by atoms with Crippen LogP contribution in [0.2, 0.25) is 0 Å². The molecule has 1 rings (SSSR count). The lowest BCUT2D eigenvalue weighted by molar-refractivity contribution is -0.138. The van der Waals surface area contributed by atoms with Crippen LogP contribution >= 0.6 is 0 Å². The Balaban J connectivity index is 2.62. The SMILES string of the molecule is CC(O)C(=O)N(C)Cc1ccc(F)cc1. The summed E-state index contributed by atoms with van der Waals surface area (Å²) in [6.07, 6.45) is -1.00. The number of aliphatic hydroxyl groups is 1. The van der Waals surface area contributed by atoms with Gasteiger partial charge in [0.2, 0.25) is 0 Å². The summed E-state index contributed by atoms with van der Waals surface area (Å²) >= 11 is 0. The number of rotatable bonds is 3. The minimum absolute atomic E-state index is 0.303. The summed E-state index contributed by atoms with van der Waals surface area (Å²) in [7, 11) is 1.60. The molecule has 0 spiro atoms. The molecule has 4 heteroatoms. The van der Waals surface area contributed by atoms with E-state index < -0.39 is 6.10 Å². The third kappa shape index (κ3) is 3.32. The van der Waals surface area contributed by atoms with Crippen molar-refractivity contribution < 1.29 is 14.3 Å². The number of aliphatic hydroxyl groups excluding tert-OH is 1. The van der Waals surface area contributed by atoms with Gasteiger partial charge in [0.15, 0.2) is 0 Å². The van der Waals surface area contributed by atoms with Gasteiger partial charge in [-0.2, -0.15) is 0 Å². The van der Waals surface area contributed by atoms with Gasteiger partial charge in [-0.1, -0.05) is 12.1 Å². The van der Waals surface area contributed by atoms with E-state index >= 15 is 0 Å². The first-order valence-electron chi connectivity index (χ1n) is 4.68. The van der Waals surface area contributed by atoms with Crippen molar-refractivity contribution in [1.29, 1.82) is 0 Å². The summed E-state index contributed by atoms with van der Waals surface area (Å²) in [5.74, 6) is -0.650. The van der Waals surface area contributed by atoms with E-state index in [0.717, 1.165) is 5.56 Å². The highest BCUT2D eigenvalue weighted by Gasteiger charge is 2.14. The quantitative estimate of drug-likeness (QED) is 0.815. The van der Waals surface area contributed by atoms with Crippen molar-refractivity contribution in [2.45, 2.75) is 19.6 Å². The predicted molar refractivity (Wildman–Crippen MR) is 54.6 cm³/mol. The lowest BCUT2D eigenvalue weighted by atomic mass is 10.2. The molecule has 15 heavy (non-hydrogen) atoms. The minimum atomic E-state index is -1.00. The van der Waals surface area contributed by atoms with E-state index in [4.69, 9.17) is 5.11 Å². The number of benzene rings is 1. The molecule has 1 aromatic rings. The molecule has 1 atom stereocenters. The second-order valence-corrected chi connectivity index (χ2v) is 3.50. The van der Waals surface area contributed by atoms with Crippen molar-refractivity contribution in [3.05, 3.63) is 35.6 Å². The molecule has 0 saturated carbocycles. The van der Waals surface area contributed by atoms with Crippen LogP contribution in [0.4, 0.5) is 4.39 Å². The van der Waals surface area contributed by atoms with Gasteiger partial charge in [0.1, 0.15) is 11.9 Å². The smallest absolute Gasteiger partial charge is 0.251 e. The van der Waals surface area contributed by atoms with E-state index in [2.05, 4.69) is 0 Å². The summed E-state index contributed by atoms with van der Waals surface area (Å²) in [6, 6.07) is 5.91. The number of halogens is 1. The van der Waals surface area contributed by atoms with Gasteiger partial charge in [-0.15, -0.1) is 0 Å². The third-order valence-corrected chi connectivity index (χ3v) is 2.07. The predicted octanol–water partition coefficient (Wildman–Crippen LogP) is 1.16. The molecule has 0 saturated heterocycles. The molecule has 1 unspecified atom stereocenters. The van der Waals surface area contributed by atoms with Gasteiger partial charge in [-0.3, -0.25) is 4.79 Å². The maximum Gasteiger partial charge on any atom is 0.251 e. The number of hydrogen-bond acceptors (Lipinski definition) is 2. The van der Waals surface area contributed by atoms with Crippen molar-refractivity contribution in [2.75, 3.05) is 7.05 Å². The standard InChI is InChI=1S/C11H14FNO2/c1-8(14)11(15)13(2)7-9-3-5-10(12)6-4-9/h3-6,8,14H,7H2,1-2H3. The van der Waals surface area contributed by atoms with Crippen molar-refractivity contribution in [3.63, 3.8) is 0 Å². The molecule has 1 N–H and O–H groups in total. The molecular weight excluding hydrogens is 197 g/mol. The van der Waals surface area contributed by atoms with Crippen LogP contribution in [-0.4, -0.2) is 29.1 Å². The van der Waals surface area contributed by atoms with E-state index in [-0.39, 0.29) is 11.7 Å². The second kappa shape index (κ2) is 4.89. The second-order valence-electron chi connectivity index (χ2n) is 3.50. The van der Waals surface area contributed by atoms with Gasteiger partial charge < -0.3 is 10.0 Å². The minimum Gasteiger partial charge on any atom is -0.384 e. The highest BCUT2D eigenvalue weighted by atomic mass is 19.1. The number of carbonyl (C=O) groups excluding carboxylic acids is 1. The lowest BCUT2D eigenvalue weighted by Gasteiger charge is -2.18. The Labute approximate surface area is 88.1 Å². The zero-order valence-corrected chi connectivity index (χ0v) is 8.77. The Kier molecular flexibility index (Phi) is 3.80. The Morgan fingerprint density at radius 1 is 1.47 bits per heavy atom. The zero-order valence-electron chi connectivity index (χ0n) is 8.77. The van der Waals surface area contributed by atoms with Gasteiger partial charge in [0, 0.05) is 13.6 Å². The number of nitrogens with zero attached hydrogens (tertiary/aromatic N) is 1. The van der Waals surface area contributed by atoms with E-state index in [1.54, 1.807) is 19.2 Å². The fourth-order valence-corrected chi connectivity index (χ4v) is 1.26. The molecule has 1 amide bonds. The van der Waals surface area contributed by atoms with Gasteiger partial charge in [-0.25, -0.2) is 4.39 Å². The highest BCUT2D eigenvalue weighted by Crippen LogP contribution is 2.06. The summed E-state index contributed by atoms with van der Waals surface area (Å²) < 4.78 is 12.6. The molecular formula is C11H14FNO2. The average Bonchev–Trinajstić information content (AvgIpc) is 2.20. The summed E-state index contributed by atoms with van der Waals surface area (Å²) in [6.45, 7) is 1.79. The first-order chi connectivity index (χ1) is 7.00. The normalized spacial score (nSPS) is 12.3. The molecule has 0 aliphatic rings. The molecule has 82 valence electrons. The van der Waals surface area contributed by atoms with Gasteiger partial charge in [-0.05, 0) is 24.6 Å². The topological polar surface area (TPSA) is 40.5 Å². The van der Waals surface area contributed by atoms with Crippen LogP contribution in [0.3, 0.4) is 0 Å². The average molecular weight is 211 g/mol. The van der Waals surface area contributed by atoms with Crippen LogP contribution in [-0.2, 0) is 11.3 Å². The molecule has 0 fully saturated rings. The first kappa shape index (κ1) is 11.7. The number of amides is 1. The summed E-state index contributed by atoms with van der Waals surface area (Å²) in [5, 5.41) is 9.06. The van der Waals surface area contributed by atoms with E-state index in [0.29, 0.717) is 6.54 Å². The van der Waals surface area contributed by atoms with E-state index in [9.17, 15) is 9.18 Å². The van der Waals surface area contributed by atoms with E-state index in [1.165, 1.54) is 24.0 Å². The first-order valence-corrected chi connectivity index (χ1v) is 4.68. The maximum atomic E-state index is 12.6. The van der Waals surface area contributed by atoms with Crippen molar-refractivity contribution in [1.82, 2.24) is 4.90 Å². The monoisotopic (exact) mass is 211 g/mol. The molecule has 0 heterocycles. The molecule has 0 aliphatic carbocycles. The zero-order chi connectivity index (χ0) is 11.4. The van der Waals surface area contributed by atoms with Gasteiger partial charge in [0.25, 0.3) is 5.91 Å². The number of hydrogen-bond donors (Lipinski definition) is 1. The van der Waals surface area contributed by atoms with Gasteiger partial charge >= 0.3 is 0 Å². The van der Waals surface area contributed by atoms with Crippen LogP contribution < -0.4 is 0 Å². The molecule has 0 bridgehead atoms. The van der Waals surface area contributed by atoms with E-state index in [1.807, 2.05) is 0 Å². The van der Waals surface area contributed by atoms with Crippen molar-refractivity contribution in [3.8, 4) is 0 Å². The third-order valence-electron chi connectivity index (χ3n) is 2.07. The number of carbonyl (C=O) groups is 1. The molecule has 1 aromatic carbocycles. The fourth-order valence-electron chi connectivity index (χ4n) is 1.26. The fraction of sp³-hybridized carbons (Fsp3) is 0.364. The van der Waals surface area contributed by atoms with Crippen LogP contribution in [0.1, 0.15) is 12.5 Å². The Bertz CT molecular complexity index is 335. The molecule has 0 aromatic heterocycles.